The number of carbonyl (C=O) groups excluding carboxylic acids is 1. The van der Waals surface area contributed by atoms with Gasteiger partial charge in [-0.15, -0.1) is 0 Å². The van der Waals surface area contributed by atoms with Crippen molar-refractivity contribution in [3.63, 3.8) is 0 Å². The number of nitrogens with one attached hydrogen (secondary N) is 3. The van der Waals surface area contributed by atoms with Crippen LogP contribution in [0.1, 0.15) is 24.5 Å². The van der Waals surface area contributed by atoms with E-state index in [1.54, 1.807) is 11.6 Å². The topological polar surface area (TPSA) is 73.4 Å². The largest absolute Gasteiger partial charge is 0.381 e. The molecule has 3 rings (SSSR count). The fraction of sp³-hybridized carbons (Fsp3) is 0.286. The lowest BCUT2D eigenvalue weighted by Crippen LogP contribution is -2.26. The molecule has 4 N–H and O–H groups in total. The smallest absolute Gasteiger partial charge is 0.267 e. The van der Waals surface area contributed by atoms with E-state index in [4.69, 9.17) is 5.21 Å². The third-order valence-electron chi connectivity index (χ3n) is 4.82. The Morgan fingerprint density at radius 2 is 2.00 bits per heavy atom. The molecule has 1 aliphatic heterocycles. The molecule has 2 aliphatic rings. The summed E-state index contributed by atoms with van der Waals surface area (Å²) >= 11 is 0. The van der Waals surface area contributed by atoms with Crippen LogP contribution in [0, 0.1) is 5.92 Å². The molecule has 0 radical (unpaired) electrons. The SMILES string of the molecule is CC1=C(CCNCc2ccc(/C=C/C(=O)NO)cc2)C2C=CC=CC2N1. The van der Waals surface area contributed by atoms with Gasteiger partial charge in [0.2, 0.25) is 0 Å². The normalized spacial score (nSPS) is 21.2. The van der Waals surface area contributed by atoms with E-state index in [2.05, 4.69) is 41.9 Å². The molecule has 2 unspecified atom stereocenters. The number of amides is 1. The van der Waals surface area contributed by atoms with Gasteiger partial charge in [0.05, 0.1) is 6.04 Å². The fourth-order valence-corrected chi connectivity index (χ4v) is 3.44. The summed E-state index contributed by atoms with van der Waals surface area (Å²) in [5.41, 5.74) is 6.48. The highest BCUT2D eigenvalue weighted by Gasteiger charge is 2.29. The molecule has 0 bridgehead atoms. The molecule has 1 aromatic carbocycles. The van der Waals surface area contributed by atoms with Crippen LogP contribution in [0.15, 0.2) is 65.9 Å². The Labute approximate surface area is 154 Å². The molecule has 1 amide bonds. The molecule has 1 heterocycles. The summed E-state index contributed by atoms with van der Waals surface area (Å²) in [6, 6.07) is 8.40. The van der Waals surface area contributed by atoms with Gasteiger partial charge in [-0.3, -0.25) is 10.0 Å². The molecule has 1 aliphatic carbocycles. The summed E-state index contributed by atoms with van der Waals surface area (Å²) in [6.45, 7) is 3.91. The van der Waals surface area contributed by atoms with Crippen molar-refractivity contribution < 1.29 is 10.0 Å². The van der Waals surface area contributed by atoms with Gasteiger partial charge in [-0.25, -0.2) is 5.48 Å². The van der Waals surface area contributed by atoms with Gasteiger partial charge in [-0.05, 0) is 42.7 Å². The molecular formula is C21H25N3O2. The first-order valence-electron chi connectivity index (χ1n) is 8.90. The monoisotopic (exact) mass is 351 g/mol. The minimum Gasteiger partial charge on any atom is -0.381 e. The second kappa shape index (κ2) is 8.65. The summed E-state index contributed by atoms with van der Waals surface area (Å²) < 4.78 is 0. The van der Waals surface area contributed by atoms with Crippen LogP contribution in [0.25, 0.3) is 6.08 Å². The Balaban J connectivity index is 1.45. The number of benzene rings is 1. The van der Waals surface area contributed by atoms with Crippen LogP contribution in [0.5, 0.6) is 0 Å². The number of hydrogen-bond acceptors (Lipinski definition) is 4. The van der Waals surface area contributed by atoms with E-state index in [9.17, 15) is 4.79 Å². The number of fused-ring (bicyclic) bond motifs is 1. The van der Waals surface area contributed by atoms with Gasteiger partial charge >= 0.3 is 0 Å². The Morgan fingerprint density at radius 1 is 1.23 bits per heavy atom. The third kappa shape index (κ3) is 4.50. The average molecular weight is 351 g/mol. The summed E-state index contributed by atoms with van der Waals surface area (Å²) in [6.07, 6.45) is 12.7. The third-order valence-corrected chi connectivity index (χ3v) is 4.82. The molecule has 2 atom stereocenters. The predicted octanol–water partition coefficient (Wildman–Crippen LogP) is 2.67. The van der Waals surface area contributed by atoms with Crippen molar-refractivity contribution in [2.75, 3.05) is 6.54 Å². The van der Waals surface area contributed by atoms with Crippen molar-refractivity contribution in [3.05, 3.63) is 77.0 Å². The standard InChI is InChI=1S/C21H25N3O2/c1-15-18(19-4-2-3-5-20(19)23-15)12-13-22-14-17-8-6-16(7-9-17)10-11-21(25)24-26/h2-11,19-20,22-23,26H,12-14H2,1H3,(H,24,25)/b11-10+. The van der Waals surface area contributed by atoms with E-state index < -0.39 is 5.91 Å². The Morgan fingerprint density at radius 3 is 2.77 bits per heavy atom. The number of carbonyl (C=O) groups is 1. The summed E-state index contributed by atoms with van der Waals surface area (Å²) in [5.74, 6) is -0.0451. The number of allylic oxidation sites excluding steroid dienone is 3. The molecular weight excluding hydrogens is 326 g/mol. The molecule has 1 aromatic rings. The lowest BCUT2D eigenvalue weighted by molar-refractivity contribution is -0.124. The molecule has 5 nitrogen and oxygen atoms in total. The predicted molar refractivity (Wildman–Crippen MR) is 103 cm³/mol. The van der Waals surface area contributed by atoms with Crippen LogP contribution in [-0.2, 0) is 11.3 Å². The van der Waals surface area contributed by atoms with Gasteiger partial charge in [-0.2, -0.15) is 0 Å². The average Bonchev–Trinajstić information content (AvgIpc) is 2.99. The molecule has 0 spiro atoms. The van der Waals surface area contributed by atoms with Crippen molar-refractivity contribution in [1.29, 1.82) is 0 Å². The molecule has 0 saturated heterocycles. The van der Waals surface area contributed by atoms with Crippen molar-refractivity contribution >= 4 is 12.0 Å². The second-order valence-electron chi connectivity index (χ2n) is 6.59. The quantitative estimate of drug-likeness (QED) is 0.264. The minimum atomic E-state index is -0.535. The summed E-state index contributed by atoms with van der Waals surface area (Å²) in [7, 11) is 0. The van der Waals surface area contributed by atoms with Crippen molar-refractivity contribution in [2.24, 2.45) is 5.92 Å². The second-order valence-corrected chi connectivity index (χ2v) is 6.59. The van der Waals surface area contributed by atoms with Crippen LogP contribution in [0.3, 0.4) is 0 Å². The first-order chi connectivity index (χ1) is 12.7. The van der Waals surface area contributed by atoms with Gasteiger partial charge in [-0.1, -0.05) is 48.6 Å². The van der Waals surface area contributed by atoms with Crippen molar-refractivity contribution in [2.45, 2.75) is 25.9 Å². The summed E-state index contributed by atoms with van der Waals surface area (Å²) in [5, 5.41) is 15.5. The summed E-state index contributed by atoms with van der Waals surface area (Å²) in [4.78, 5) is 11.0. The van der Waals surface area contributed by atoms with E-state index in [1.165, 1.54) is 22.9 Å². The highest BCUT2D eigenvalue weighted by atomic mass is 16.5. The number of hydrogen-bond donors (Lipinski definition) is 4. The first kappa shape index (κ1) is 18.2. The van der Waals surface area contributed by atoms with Gasteiger partial charge in [0.1, 0.15) is 0 Å². The van der Waals surface area contributed by atoms with E-state index in [0.29, 0.717) is 12.0 Å². The van der Waals surface area contributed by atoms with Crippen LogP contribution in [0.2, 0.25) is 0 Å². The van der Waals surface area contributed by atoms with Crippen LogP contribution in [0.4, 0.5) is 0 Å². The minimum absolute atomic E-state index is 0.420. The molecule has 26 heavy (non-hydrogen) atoms. The molecule has 0 fully saturated rings. The van der Waals surface area contributed by atoms with Crippen LogP contribution >= 0.6 is 0 Å². The van der Waals surface area contributed by atoms with Gasteiger partial charge in [0, 0.05) is 24.2 Å². The Bertz CT molecular complexity index is 760. The fourth-order valence-electron chi connectivity index (χ4n) is 3.44. The zero-order chi connectivity index (χ0) is 18.4. The highest BCUT2D eigenvalue weighted by Crippen LogP contribution is 2.31. The zero-order valence-corrected chi connectivity index (χ0v) is 14.9. The Kier molecular flexibility index (Phi) is 6.04. The molecule has 136 valence electrons. The highest BCUT2D eigenvalue weighted by molar-refractivity contribution is 5.90. The number of hydroxylamine groups is 1. The lowest BCUT2D eigenvalue weighted by Gasteiger charge is -2.19. The molecule has 5 heteroatoms. The zero-order valence-electron chi connectivity index (χ0n) is 14.9. The first-order valence-corrected chi connectivity index (χ1v) is 8.90. The maximum atomic E-state index is 11.0. The lowest BCUT2D eigenvalue weighted by atomic mass is 9.89. The van der Waals surface area contributed by atoms with E-state index in [0.717, 1.165) is 25.1 Å². The number of rotatable bonds is 7. The van der Waals surface area contributed by atoms with Crippen LogP contribution in [-0.4, -0.2) is 23.7 Å². The molecule has 0 saturated carbocycles. The Hall–Kier alpha value is -2.63. The maximum Gasteiger partial charge on any atom is 0.267 e. The molecule has 0 aromatic heterocycles. The maximum absolute atomic E-state index is 11.0. The van der Waals surface area contributed by atoms with Gasteiger partial charge in [0.25, 0.3) is 5.91 Å². The van der Waals surface area contributed by atoms with E-state index >= 15 is 0 Å². The van der Waals surface area contributed by atoms with Crippen molar-refractivity contribution in [1.82, 2.24) is 16.1 Å². The van der Waals surface area contributed by atoms with E-state index in [-0.39, 0.29) is 0 Å². The van der Waals surface area contributed by atoms with E-state index in [1.807, 2.05) is 24.3 Å². The van der Waals surface area contributed by atoms with Gasteiger partial charge in [0.15, 0.2) is 0 Å². The van der Waals surface area contributed by atoms with Crippen molar-refractivity contribution in [3.8, 4) is 0 Å². The van der Waals surface area contributed by atoms with Gasteiger partial charge < -0.3 is 10.6 Å². The van der Waals surface area contributed by atoms with Crippen LogP contribution < -0.4 is 16.1 Å².